The fourth-order valence-electron chi connectivity index (χ4n) is 0.771. The molecule has 0 atom stereocenters. The average molecular weight is 167 g/mol. The number of carbonyl (C=O) groups excluding carboxylic acids is 1. The fourth-order valence-corrected chi connectivity index (χ4v) is 0.771. The lowest BCUT2D eigenvalue weighted by Gasteiger charge is -2.00. The molecule has 64 valence electrons. The second-order valence-corrected chi connectivity index (χ2v) is 2.22. The van der Waals surface area contributed by atoms with Gasteiger partial charge in [0, 0.05) is 5.69 Å². The first-order chi connectivity index (χ1) is 6.38. The maximum atomic E-state index is 11.3. The third-order valence-electron chi connectivity index (χ3n) is 1.34. The SMILES string of the molecule is [2H]C([2H])(C)OC(=O)c1ccc(N)cc1. The van der Waals surface area contributed by atoms with Gasteiger partial charge in [-0.2, -0.15) is 0 Å². The Kier molecular flexibility index (Phi) is 1.90. The Bertz CT molecular complexity index is 330. The van der Waals surface area contributed by atoms with Gasteiger partial charge >= 0.3 is 5.97 Å². The molecule has 0 aliphatic heterocycles. The van der Waals surface area contributed by atoms with Gasteiger partial charge in [0.25, 0.3) is 0 Å². The number of benzene rings is 1. The van der Waals surface area contributed by atoms with Crippen molar-refractivity contribution in [2.75, 3.05) is 12.3 Å². The minimum Gasteiger partial charge on any atom is -0.462 e. The molecule has 2 N–H and O–H groups in total. The zero-order chi connectivity index (χ0) is 10.8. The average Bonchev–Trinajstić information content (AvgIpc) is 2.02. The minimum absolute atomic E-state index is 0.282. The molecule has 0 aromatic heterocycles. The zero-order valence-electron chi connectivity index (χ0n) is 8.70. The van der Waals surface area contributed by atoms with E-state index in [1.165, 1.54) is 19.1 Å². The molecule has 0 aliphatic carbocycles. The molecule has 3 heteroatoms. The van der Waals surface area contributed by atoms with E-state index in [9.17, 15) is 4.79 Å². The molecule has 0 unspecified atom stereocenters. The summed E-state index contributed by atoms with van der Waals surface area (Å²) in [6.45, 7) is -0.791. The van der Waals surface area contributed by atoms with Crippen LogP contribution in [0, 0.1) is 0 Å². The number of hydrogen-bond donors (Lipinski definition) is 1. The summed E-state index contributed by atoms with van der Waals surface area (Å²) >= 11 is 0. The maximum absolute atomic E-state index is 11.3. The first-order valence-corrected chi connectivity index (χ1v) is 3.47. The molecule has 3 nitrogen and oxygen atoms in total. The van der Waals surface area contributed by atoms with Crippen molar-refractivity contribution in [3.8, 4) is 0 Å². The molecule has 0 aliphatic rings. The first-order valence-electron chi connectivity index (χ1n) is 4.47. The van der Waals surface area contributed by atoms with Gasteiger partial charge in [-0.1, -0.05) is 0 Å². The molecular formula is C9H11NO2. The number of hydrogen-bond acceptors (Lipinski definition) is 3. The summed E-state index contributed by atoms with van der Waals surface area (Å²) < 4.78 is 18.6. The standard InChI is InChI=1S/C9H11NO2/c1-2-12-9(11)7-3-5-8(10)6-4-7/h3-6H,2,10H2,1H3/i2D2. The topological polar surface area (TPSA) is 52.3 Å². The van der Waals surface area contributed by atoms with Crippen molar-refractivity contribution in [2.24, 2.45) is 0 Å². The molecule has 0 spiro atoms. The van der Waals surface area contributed by atoms with E-state index in [1.54, 1.807) is 12.1 Å². The van der Waals surface area contributed by atoms with E-state index >= 15 is 0 Å². The molecule has 1 aromatic carbocycles. The van der Waals surface area contributed by atoms with Crippen LogP contribution in [0.25, 0.3) is 0 Å². The van der Waals surface area contributed by atoms with Crippen molar-refractivity contribution in [1.82, 2.24) is 0 Å². The fraction of sp³-hybridized carbons (Fsp3) is 0.222. The number of ether oxygens (including phenoxy) is 1. The molecule has 12 heavy (non-hydrogen) atoms. The van der Waals surface area contributed by atoms with Gasteiger partial charge in [-0.15, -0.1) is 0 Å². The lowest BCUT2D eigenvalue weighted by Crippen LogP contribution is -2.04. The summed E-state index contributed by atoms with van der Waals surface area (Å²) in [5.41, 5.74) is 6.25. The number of rotatable bonds is 2. The number of nitrogens with two attached hydrogens (primary N) is 1. The molecule has 0 saturated heterocycles. The highest BCUT2D eigenvalue weighted by Crippen LogP contribution is 2.06. The smallest absolute Gasteiger partial charge is 0.338 e. The van der Waals surface area contributed by atoms with Crippen LogP contribution in [0.4, 0.5) is 5.69 Å². The number of carbonyl (C=O) groups is 1. The molecule has 1 aromatic rings. The number of anilines is 1. The Morgan fingerprint density at radius 2 is 2.17 bits per heavy atom. The molecule has 0 amide bonds. The van der Waals surface area contributed by atoms with Gasteiger partial charge in [0.15, 0.2) is 0 Å². The third kappa shape index (κ3) is 1.99. The summed E-state index contributed by atoms with van der Waals surface area (Å²) in [4.78, 5) is 11.3. The molecule has 0 saturated carbocycles. The summed E-state index contributed by atoms with van der Waals surface area (Å²) in [6, 6.07) is 6.09. The van der Waals surface area contributed by atoms with Crippen molar-refractivity contribution < 1.29 is 12.3 Å². The minimum atomic E-state index is -1.96. The Labute approximate surface area is 74.0 Å². The van der Waals surface area contributed by atoms with Gasteiger partial charge in [-0.3, -0.25) is 0 Å². The van der Waals surface area contributed by atoms with Crippen LogP contribution in [-0.4, -0.2) is 12.5 Å². The third-order valence-corrected chi connectivity index (χ3v) is 1.34. The second kappa shape index (κ2) is 3.76. The van der Waals surface area contributed by atoms with Crippen LogP contribution in [0.3, 0.4) is 0 Å². The van der Waals surface area contributed by atoms with Crippen LogP contribution in [0.5, 0.6) is 0 Å². The summed E-state index contributed by atoms with van der Waals surface area (Å²) in [7, 11) is 0. The normalized spacial score (nSPS) is 13.1. The summed E-state index contributed by atoms with van der Waals surface area (Å²) in [5.74, 6) is -0.697. The molecule has 0 radical (unpaired) electrons. The lowest BCUT2D eigenvalue weighted by molar-refractivity contribution is 0.0526. The zero-order valence-corrected chi connectivity index (χ0v) is 6.70. The predicted molar refractivity (Wildman–Crippen MR) is 46.8 cm³/mol. The number of esters is 1. The van der Waals surface area contributed by atoms with Crippen LogP contribution in [0.2, 0.25) is 0 Å². The van der Waals surface area contributed by atoms with Crippen molar-refractivity contribution in [3.05, 3.63) is 29.8 Å². The van der Waals surface area contributed by atoms with Gasteiger partial charge in [-0.25, -0.2) is 4.79 Å². The van der Waals surface area contributed by atoms with Crippen LogP contribution >= 0.6 is 0 Å². The van der Waals surface area contributed by atoms with Crippen molar-refractivity contribution in [2.45, 2.75) is 6.92 Å². The summed E-state index contributed by atoms with van der Waals surface area (Å²) in [6.07, 6.45) is 0. The lowest BCUT2D eigenvalue weighted by atomic mass is 10.2. The molecular weight excluding hydrogens is 154 g/mol. The van der Waals surface area contributed by atoms with Crippen molar-refractivity contribution in [1.29, 1.82) is 0 Å². The van der Waals surface area contributed by atoms with Crippen LogP contribution in [0.15, 0.2) is 24.3 Å². The van der Waals surface area contributed by atoms with Crippen molar-refractivity contribution in [3.63, 3.8) is 0 Å². The molecule has 1 rings (SSSR count). The Morgan fingerprint density at radius 1 is 1.58 bits per heavy atom. The molecule has 0 bridgehead atoms. The van der Waals surface area contributed by atoms with Crippen LogP contribution in [-0.2, 0) is 4.74 Å². The van der Waals surface area contributed by atoms with Gasteiger partial charge in [-0.05, 0) is 31.2 Å². The highest BCUT2D eigenvalue weighted by molar-refractivity contribution is 5.89. The molecule has 0 heterocycles. The highest BCUT2D eigenvalue weighted by atomic mass is 16.5. The quantitative estimate of drug-likeness (QED) is 0.535. The van der Waals surface area contributed by atoms with Gasteiger partial charge in [0.05, 0.1) is 14.9 Å². The van der Waals surface area contributed by atoms with Crippen molar-refractivity contribution >= 4 is 11.7 Å². The maximum Gasteiger partial charge on any atom is 0.338 e. The van der Waals surface area contributed by atoms with Gasteiger partial charge < -0.3 is 10.5 Å². The van der Waals surface area contributed by atoms with E-state index in [-0.39, 0.29) is 5.56 Å². The van der Waals surface area contributed by atoms with E-state index in [1.807, 2.05) is 0 Å². The van der Waals surface area contributed by atoms with Gasteiger partial charge in [0.2, 0.25) is 0 Å². The molecule has 0 fully saturated rings. The van der Waals surface area contributed by atoms with E-state index in [0.717, 1.165) is 0 Å². The van der Waals surface area contributed by atoms with Crippen LogP contribution < -0.4 is 5.73 Å². The van der Waals surface area contributed by atoms with E-state index < -0.39 is 12.5 Å². The largest absolute Gasteiger partial charge is 0.462 e. The Morgan fingerprint density at radius 3 is 2.67 bits per heavy atom. The van der Waals surface area contributed by atoms with Crippen LogP contribution in [0.1, 0.15) is 20.0 Å². The monoisotopic (exact) mass is 167 g/mol. The number of nitrogen functional groups attached to an aromatic ring is 1. The second-order valence-electron chi connectivity index (χ2n) is 2.22. The van der Waals surface area contributed by atoms with E-state index in [2.05, 4.69) is 4.74 Å². The van der Waals surface area contributed by atoms with E-state index in [0.29, 0.717) is 5.69 Å². The van der Waals surface area contributed by atoms with E-state index in [4.69, 9.17) is 8.48 Å². The summed E-state index contributed by atoms with van der Waals surface area (Å²) in [5, 5.41) is 0. The Balaban J connectivity index is 2.76. The van der Waals surface area contributed by atoms with Gasteiger partial charge in [0.1, 0.15) is 0 Å². The Hall–Kier alpha value is -1.51. The first kappa shape index (κ1) is 6.06. The highest BCUT2D eigenvalue weighted by Gasteiger charge is 2.03. The predicted octanol–water partition coefficient (Wildman–Crippen LogP) is 1.45.